The zero-order valence-corrected chi connectivity index (χ0v) is 17.3. The van der Waals surface area contributed by atoms with E-state index in [0.29, 0.717) is 22.9 Å². The lowest BCUT2D eigenvalue weighted by Crippen LogP contribution is -2.22. The van der Waals surface area contributed by atoms with Gasteiger partial charge in [0.2, 0.25) is 0 Å². The van der Waals surface area contributed by atoms with Crippen molar-refractivity contribution in [3.63, 3.8) is 0 Å². The summed E-state index contributed by atoms with van der Waals surface area (Å²) in [6.45, 7) is 1.24. The van der Waals surface area contributed by atoms with Crippen molar-refractivity contribution in [1.29, 1.82) is 0 Å². The van der Waals surface area contributed by atoms with Crippen LogP contribution in [0.4, 0.5) is 30.7 Å². The highest BCUT2D eigenvalue weighted by Gasteiger charge is 2.39. The molecule has 2 aromatic heterocycles. The van der Waals surface area contributed by atoms with Crippen LogP contribution in [0.5, 0.6) is 0 Å². The number of hydrogen-bond acceptors (Lipinski definition) is 4. The number of rotatable bonds is 5. The molecule has 3 aromatic rings. The number of alkyl halides is 6. The first-order valence-corrected chi connectivity index (χ1v) is 9.53. The minimum Gasteiger partial charge on any atom is -0.465 e. The van der Waals surface area contributed by atoms with Gasteiger partial charge in [-0.25, -0.2) is 9.07 Å². The Balaban J connectivity index is 2.25. The van der Waals surface area contributed by atoms with Crippen molar-refractivity contribution in [1.82, 2.24) is 14.8 Å². The third-order valence-corrected chi connectivity index (χ3v) is 4.60. The molecule has 3 rings (SSSR count). The molecule has 0 aliphatic rings. The average molecular weight is 496 g/mol. The molecule has 0 aliphatic carbocycles. The number of carbonyl (C=O) groups excluding carboxylic acids is 1. The number of halogens is 8. The summed E-state index contributed by atoms with van der Waals surface area (Å²) in [4.78, 5) is 16.4. The number of carbonyl (C=O) groups is 1. The highest BCUT2D eigenvalue weighted by Crippen LogP contribution is 2.36. The van der Waals surface area contributed by atoms with E-state index < -0.39 is 52.7 Å². The van der Waals surface area contributed by atoms with Crippen LogP contribution in [0.25, 0.3) is 5.69 Å². The Morgan fingerprint density at radius 1 is 1.09 bits per heavy atom. The molecule has 176 valence electrons. The number of pyridine rings is 1. The number of esters is 1. The summed E-state index contributed by atoms with van der Waals surface area (Å²) in [5.41, 5.74) is -3.87. The maximum absolute atomic E-state index is 14.6. The predicted octanol–water partition coefficient (Wildman–Crippen LogP) is 5.79. The molecule has 0 fully saturated rings. The fraction of sp³-hybridized carbons (Fsp3) is 0.250. The number of benzene rings is 1. The highest BCUT2D eigenvalue weighted by atomic mass is 35.5. The number of nitrogens with zero attached hydrogens (tertiary/aromatic N) is 3. The van der Waals surface area contributed by atoms with Gasteiger partial charge in [0.05, 0.1) is 34.3 Å². The van der Waals surface area contributed by atoms with Crippen LogP contribution in [0, 0.1) is 5.82 Å². The zero-order chi connectivity index (χ0) is 24.6. The third kappa shape index (κ3) is 5.27. The average Bonchev–Trinajstić information content (AvgIpc) is 3.15. The van der Waals surface area contributed by atoms with E-state index in [9.17, 15) is 35.5 Å². The van der Waals surface area contributed by atoms with Crippen LogP contribution < -0.4 is 0 Å². The van der Waals surface area contributed by atoms with E-state index in [1.165, 1.54) is 6.92 Å². The smallest absolute Gasteiger partial charge is 0.435 e. The minimum atomic E-state index is -4.98. The Morgan fingerprint density at radius 3 is 2.24 bits per heavy atom. The van der Waals surface area contributed by atoms with E-state index in [1.54, 1.807) is 0 Å². The predicted molar refractivity (Wildman–Crippen MR) is 101 cm³/mol. The first-order chi connectivity index (χ1) is 15.3. The lowest BCUT2D eigenvalue weighted by Gasteiger charge is -2.18. The SMILES string of the molecule is CCOC(=O)C(c1ncc(Cl)cc1F)c1cc(C(F)(F)F)nn1-c1ccc(C(F)(F)F)cc1. The molecule has 0 amide bonds. The van der Waals surface area contributed by atoms with Gasteiger partial charge in [-0.1, -0.05) is 11.6 Å². The Morgan fingerprint density at radius 2 is 1.73 bits per heavy atom. The molecule has 1 unspecified atom stereocenters. The van der Waals surface area contributed by atoms with Crippen LogP contribution in [0.15, 0.2) is 42.6 Å². The van der Waals surface area contributed by atoms with Crippen LogP contribution >= 0.6 is 11.6 Å². The second-order valence-electron chi connectivity index (χ2n) is 6.61. The summed E-state index contributed by atoms with van der Waals surface area (Å²) in [6.07, 6.45) is -8.68. The lowest BCUT2D eigenvalue weighted by molar-refractivity contribution is -0.144. The first kappa shape index (κ1) is 24.5. The Hall–Kier alpha value is -3.15. The minimum absolute atomic E-state index is 0.133. The second-order valence-corrected chi connectivity index (χ2v) is 7.05. The maximum Gasteiger partial charge on any atom is 0.435 e. The maximum atomic E-state index is 14.6. The lowest BCUT2D eigenvalue weighted by atomic mass is 9.99. The van der Waals surface area contributed by atoms with Gasteiger partial charge >= 0.3 is 18.3 Å². The van der Waals surface area contributed by atoms with Gasteiger partial charge < -0.3 is 4.74 Å². The van der Waals surface area contributed by atoms with Crippen molar-refractivity contribution >= 4 is 17.6 Å². The zero-order valence-electron chi connectivity index (χ0n) is 16.5. The molecule has 1 atom stereocenters. The summed E-state index contributed by atoms with van der Waals surface area (Å²) in [7, 11) is 0. The first-order valence-electron chi connectivity index (χ1n) is 9.15. The summed E-state index contributed by atoms with van der Waals surface area (Å²) < 4.78 is 99.0. The van der Waals surface area contributed by atoms with Crippen molar-refractivity contribution in [2.75, 3.05) is 6.61 Å². The summed E-state index contributed by atoms with van der Waals surface area (Å²) >= 11 is 5.67. The summed E-state index contributed by atoms with van der Waals surface area (Å²) in [5.74, 6) is -4.07. The highest BCUT2D eigenvalue weighted by molar-refractivity contribution is 6.30. The quantitative estimate of drug-likeness (QED) is 0.332. The normalized spacial score (nSPS) is 13.1. The third-order valence-electron chi connectivity index (χ3n) is 4.39. The molecular formula is C20H13ClF7N3O2. The topological polar surface area (TPSA) is 57.0 Å². The molecule has 13 heteroatoms. The Bertz CT molecular complexity index is 1160. The van der Waals surface area contributed by atoms with E-state index >= 15 is 0 Å². The molecule has 33 heavy (non-hydrogen) atoms. The van der Waals surface area contributed by atoms with Crippen molar-refractivity contribution in [3.8, 4) is 5.69 Å². The molecule has 0 N–H and O–H groups in total. The van der Waals surface area contributed by atoms with E-state index in [2.05, 4.69) is 10.1 Å². The van der Waals surface area contributed by atoms with Gasteiger partial charge in [-0.15, -0.1) is 0 Å². The van der Waals surface area contributed by atoms with Crippen LogP contribution in [0.3, 0.4) is 0 Å². The molecule has 0 radical (unpaired) electrons. The molecule has 0 bridgehead atoms. The van der Waals surface area contributed by atoms with Gasteiger partial charge in [-0.3, -0.25) is 9.78 Å². The standard InChI is InChI=1S/C20H13ClF7N3O2/c1-2-33-18(32)16(17-13(22)7-11(21)9-29-17)14-8-15(20(26,27)28)30-31(14)12-5-3-10(4-6-12)19(23,24)25/h3-9,16H,2H2,1H3. The summed E-state index contributed by atoms with van der Waals surface area (Å²) in [5, 5.41) is 3.27. The van der Waals surface area contributed by atoms with Crippen LogP contribution in [-0.2, 0) is 21.9 Å². The molecule has 0 spiro atoms. The van der Waals surface area contributed by atoms with Crippen molar-refractivity contribution in [2.45, 2.75) is 25.2 Å². The molecule has 0 saturated carbocycles. The van der Waals surface area contributed by atoms with Gasteiger partial charge in [0.1, 0.15) is 11.7 Å². The summed E-state index contributed by atoms with van der Waals surface area (Å²) in [6, 6.07) is 4.29. The monoisotopic (exact) mass is 495 g/mol. The van der Waals surface area contributed by atoms with Crippen LogP contribution in [0.1, 0.15) is 35.5 Å². The Labute approximate surface area is 186 Å². The van der Waals surface area contributed by atoms with E-state index in [-0.39, 0.29) is 17.3 Å². The van der Waals surface area contributed by atoms with Gasteiger partial charge in [0.15, 0.2) is 5.69 Å². The van der Waals surface area contributed by atoms with Crippen molar-refractivity contribution in [3.05, 3.63) is 76.1 Å². The number of aromatic nitrogens is 3. The molecule has 5 nitrogen and oxygen atoms in total. The largest absolute Gasteiger partial charge is 0.465 e. The molecule has 1 aromatic carbocycles. The van der Waals surface area contributed by atoms with Crippen LogP contribution in [0.2, 0.25) is 5.02 Å². The van der Waals surface area contributed by atoms with Gasteiger partial charge in [-0.2, -0.15) is 31.4 Å². The molecular weight excluding hydrogens is 483 g/mol. The van der Waals surface area contributed by atoms with Gasteiger partial charge in [0, 0.05) is 6.20 Å². The fourth-order valence-electron chi connectivity index (χ4n) is 2.97. The molecule has 0 aliphatic heterocycles. The number of ether oxygens (including phenoxy) is 1. The fourth-order valence-corrected chi connectivity index (χ4v) is 3.12. The van der Waals surface area contributed by atoms with E-state index in [0.717, 1.165) is 24.4 Å². The van der Waals surface area contributed by atoms with Crippen LogP contribution in [-0.4, -0.2) is 27.3 Å². The van der Waals surface area contributed by atoms with Crippen molar-refractivity contribution in [2.24, 2.45) is 0 Å². The van der Waals surface area contributed by atoms with Gasteiger partial charge in [-0.05, 0) is 43.3 Å². The van der Waals surface area contributed by atoms with Gasteiger partial charge in [0.25, 0.3) is 0 Å². The van der Waals surface area contributed by atoms with E-state index in [4.69, 9.17) is 16.3 Å². The molecule has 0 saturated heterocycles. The van der Waals surface area contributed by atoms with E-state index in [1.807, 2.05) is 0 Å². The Kier molecular flexibility index (Phi) is 6.68. The second kappa shape index (κ2) is 9.00. The molecule has 2 heterocycles. The number of hydrogen-bond donors (Lipinski definition) is 0. The van der Waals surface area contributed by atoms with Crippen molar-refractivity contribution < 1.29 is 40.3 Å².